The summed E-state index contributed by atoms with van der Waals surface area (Å²) in [4.78, 5) is 19.2. The number of hydrogen-bond donors (Lipinski definition) is 3. The molecule has 0 radical (unpaired) electrons. The predicted molar refractivity (Wildman–Crippen MR) is 78.6 cm³/mol. The molecule has 0 spiro atoms. The summed E-state index contributed by atoms with van der Waals surface area (Å²) in [6, 6.07) is 5.50. The van der Waals surface area contributed by atoms with Crippen molar-refractivity contribution in [2.24, 2.45) is 0 Å². The molecule has 0 aliphatic carbocycles. The second-order valence-corrected chi connectivity index (χ2v) is 4.96. The molecule has 1 amide bonds. The molecule has 0 bridgehead atoms. The van der Waals surface area contributed by atoms with E-state index >= 15 is 0 Å². The molecule has 2 aromatic rings. The number of benzene rings is 1. The van der Waals surface area contributed by atoms with Crippen molar-refractivity contribution >= 4 is 16.9 Å². The number of nitrogens with zero attached hydrogens (tertiary/aromatic N) is 1. The van der Waals surface area contributed by atoms with E-state index in [4.69, 9.17) is 0 Å². The zero-order valence-electron chi connectivity index (χ0n) is 11.3. The molecule has 5 heteroatoms. The van der Waals surface area contributed by atoms with Crippen molar-refractivity contribution in [3.8, 4) is 0 Å². The molecule has 0 unspecified atom stereocenters. The predicted octanol–water partition coefficient (Wildman–Crippen LogP) is 1.60. The summed E-state index contributed by atoms with van der Waals surface area (Å²) in [6.45, 7) is 2.67. The maximum absolute atomic E-state index is 12.1. The zero-order chi connectivity index (χ0) is 13.8. The van der Waals surface area contributed by atoms with E-state index in [0.29, 0.717) is 12.1 Å². The van der Waals surface area contributed by atoms with Crippen molar-refractivity contribution in [3.63, 3.8) is 0 Å². The maximum atomic E-state index is 12.1. The monoisotopic (exact) mass is 270 g/mol. The Morgan fingerprint density at radius 1 is 1.40 bits per heavy atom. The van der Waals surface area contributed by atoms with Crippen LogP contribution in [0.25, 0.3) is 11.0 Å². The van der Waals surface area contributed by atoms with E-state index in [-0.39, 0.29) is 5.91 Å². The summed E-state index contributed by atoms with van der Waals surface area (Å²) in [5, 5.41) is 6.25. The Balaban J connectivity index is 1.57. The highest BCUT2D eigenvalue weighted by molar-refractivity contribution is 5.97. The fraction of sp³-hybridized carbons (Fsp3) is 0.333. The molecule has 5 nitrogen and oxygen atoms in total. The minimum absolute atomic E-state index is 0.0314. The highest BCUT2D eigenvalue weighted by Gasteiger charge is 2.08. The van der Waals surface area contributed by atoms with E-state index < -0.39 is 0 Å². The van der Waals surface area contributed by atoms with E-state index in [2.05, 4.69) is 26.7 Å². The number of nitrogens with one attached hydrogen (secondary N) is 3. The fourth-order valence-corrected chi connectivity index (χ4v) is 2.41. The number of aromatic nitrogens is 2. The van der Waals surface area contributed by atoms with Gasteiger partial charge in [0.2, 0.25) is 0 Å². The lowest BCUT2D eigenvalue weighted by atomic mass is 10.1. The lowest BCUT2D eigenvalue weighted by Gasteiger charge is -2.14. The van der Waals surface area contributed by atoms with Crippen LogP contribution in [0.5, 0.6) is 0 Å². The van der Waals surface area contributed by atoms with Gasteiger partial charge in [0.15, 0.2) is 0 Å². The van der Waals surface area contributed by atoms with Crippen molar-refractivity contribution in [2.75, 3.05) is 19.6 Å². The van der Waals surface area contributed by atoms with Gasteiger partial charge in [-0.1, -0.05) is 11.6 Å². The molecule has 0 saturated heterocycles. The average Bonchev–Trinajstić information content (AvgIpc) is 2.95. The molecule has 1 aromatic carbocycles. The normalized spacial score (nSPS) is 15.1. The van der Waals surface area contributed by atoms with Crippen LogP contribution >= 0.6 is 0 Å². The van der Waals surface area contributed by atoms with Gasteiger partial charge in [0, 0.05) is 18.7 Å². The summed E-state index contributed by atoms with van der Waals surface area (Å²) >= 11 is 0. The number of fused-ring (bicyclic) bond motifs is 1. The number of carbonyl (C=O) groups excluding carboxylic acids is 1. The van der Waals surface area contributed by atoms with Gasteiger partial charge in [0.05, 0.1) is 17.4 Å². The Morgan fingerprint density at radius 3 is 3.20 bits per heavy atom. The fourth-order valence-electron chi connectivity index (χ4n) is 2.41. The number of hydrogen-bond acceptors (Lipinski definition) is 3. The van der Waals surface area contributed by atoms with Gasteiger partial charge in [0.1, 0.15) is 0 Å². The molecule has 1 aromatic heterocycles. The summed E-state index contributed by atoms with van der Waals surface area (Å²) in [5.41, 5.74) is 3.86. The summed E-state index contributed by atoms with van der Waals surface area (Å²) in [6.07, 6.45) is 5.86. The van der Waals surface area contributed by atoms with Crippen molar-refractivity contribution in [1.82, 2.24) is 20.6 Å². The molecule has 1 aliphatic rings. The number of imidazole rings is 1. The van der Waals surface area contributed by atoms with E-state index in [0.717, 1.165) is 37.0 Å². The van der Waals surface area contributed by atoms with Gasteiger partial charge in [-0.05, 0) is 37.6 Å². The summed E-state index contributed by atoms with van der Waals surface area (Å²) in [5.74, 6) is -0.0314. The van der Waals surface area contributed by atoms with Crippen LogP contribution in [0.3, 0.4) is 0 Å². The molecule has 20 heavy (non-hydrogen) atoms. The minimum atomic E-state index is -0.0314. The zero-order valence-corrected chi connectivity index (χ0v) is 11.3. The van der Waals surface area contributed by atoms with E-state index in [1.54, 1.807) is 6.33 Å². The van der Waals surface area contributed by atoms with Crippen LogP contribution in [0.15, 0.2) is 36.2 Å². The first kappa shape index (κ1) is 12.9. The number of H-pyrrole nitrogens is 1. The molecule has 2 heterocycles. The van der Waals surface area contributed by atoms with Gasteiger partial charge in [-0.3, -0.25) is 4.79 Å². The first-order chi connectivity index (χ1) is 9.83. The van der Waals surface area contributed by atoms with E-state index in [1.807, 2.05) is 18.2 Å². The van der Waals surface area contributed by atoms with Gasteiger partial charge in [0.25, 0.3) is 5.91 Å². The Labute approximate surface area is 117 Å². The lowest BCUT2D eigenvalue weighted by Crippen LogP contribution is -2.26. The topological polar surface area (TPSA) is 69.8 Å². The highest BCUT2D eigenvalue weighted by Crippen LogP contribution is 2.12. The van der Waals surface area contributed by atoms with Crippen LogP contribution in [0, 0.1) is 0 Å². The average molecular weight is 270 g/mol. The van der Waals surface area contributed by atoms with Gasteiger partial charge >= 0.3 is 0 Å². The SMILES string of the molecule is O=C(NCCC1=CCNCC1)c1ccc2nc[nH]c2c1. The van der Waals surface area contributed by atoms with Crippen molar-refractivity contribution in [1.29, 1.82) is 0 Å². The first-order valence-corrected chi connectivity index (χ1v) is 6.93. The maximum Gasteiger partial charge on any atom is 0.251 e. The number of aromatic amines is 1. The van der Waals surface area contributed by atoms with Crippen molar-refractivity contribution in [2.45, 2.75) is 12.8 Å². The Morgan fingerprint density at radius 2 is 2.35 bits per heavy atom. The molecule has 104 valence electrons. The number of carbonyl (C=O) groups is 1. The number of amides is 1. The second-order valence-electron chi connectivity index (χ2n) is 4.96. The standard InChI is InChI=1S/C15H18N4O/c20-15(17-8-5-11-3-6-16-7-4-11)12-1-2-13-14(9-12)19-10-18-13/h1-3,9-10,16H,4-8H2,(H,17,20)(H,18,19). The first-order valence-electron chi connectivity index (χ1n) is 6.93. The third-order valence-electron chi connectivity index (χ3n) is 3.57. The second kappa shape index (κ2) is 5.88. The summed E-state index contributed by atoms with van der Waals surface area (Å²) in [7, 11) is 0. The Bertz CT molecular complexity index is 644. The van der Waals surface area contributed by atoms with Crippen LogP contribution in [0.2, 0.25) is 0 Å². The van der Waals surface area contributed by atoms with Crippen molar-refractivity contribution < 1.29 is 4.79 Å². The van der Waals surface area contributed by atoms with Gasteiger partial charge < -0.3 is 15.6 Å². The molecular formula is C15H18N4O. The molecule has 3 rings (SSSR count). The van der Waals surface area contributed by atoms with Gasteiger partial charge in [-0.2, -0.15) is 0 Å². The molecule has 1 aliphatic heterocycles. The third kappa shape index (κ3) is 2.88. The lowest BCUT2D eigenvalue weighted by molar-refractivity contribution is 0.0954. The van der Waals surface area contributed by atoms with Crippen LogP contribution in [-0.4, -0.2) is 35.5 Å². The number of rotatable bonds is 4. The van der Waals surface area contributed by atoms with Crippen LogP contribution < -0.4 is 10.6 Å². The molecule has 0 saturated carbocycles. The van der Waals surface area contributed by atoms with Gasteiger partial charge in [-0.25, -0.2) is 4.98 Å². The Kier molecular flexibility index (Phi) is 3.78. The quantitative estimate of drug-likeness (QED) is 0.739. The molecule has 0 atom stereocenters. The summed E-state index contributed by atoms with van der Waals surface area (Å²) < 4.78 is 0. The highest BCUT2D eigenvalue weighted by atomic mass is 16.1. The molecule has 0 fully saturated rings. The minimum Gasteiger partial charge on any atom is -0.352 e. The largest absolute Gasteiger partial charge is 0.352 e. The smallest absolute Gasteiger partial charge is 0.251 e. The van der Waals surface area contributed by atoms with E-state index in [9.17, 15) is 4.79 Å². The van der Waals surface area contributed by atoms with E-state index in [1.165, 1.54) is 5.57 Å². The molecule has 3 N–H and O–H groups in total. The van der Waals surface area contributed by atoms with Gasteiger partial charge in [-0.15, -0.1) is 0 Å². The van der Waals surface area contributed by atoms with Crippen LogP contribution in [0.1, 0.15) is 23.2 Å². The van der Waals surface area contributed by atoms with Crippen LogP contribution in [0.4, 0.5) is 0 Å². The molecular weight excluding hydrogens is 252 g/mol. The Hall–Kier alpha value is -2.14. The van der Waals surface area contributed by atoms with Crippen molar-refractivity contribution in [3.05, 3.63) is 41.7 Å². The third-order valence-corrected chi connectivity index (χ3v) is 3.57. The van der Waals surface area contributed by atoms with Crippen LogP contribution in [-0.2, 0) is 0 Å².